The summed E-state index contributed by atoms with van der Waals surface area (Å²) in [7, 11) is 0. The Morgan fingerprint density at radius 1 is 0.739 bits per heavy atom. The van der Waals surface area contributed by atoms with Crippen molar-refractivity contribution in [2.75, 3.05) is 0 Å². The van der Waals surface area contributed by atoms with Crippen molar-refractivity contribution >= 4 is 11.8 Å². The normalized spacial score (nSPS) is 12.7. The molecule has 0 fully saturated rings. The Balaban J connectivity index is 2.01. The average Bonchev–Trinajstić information content (AvgIpc) is 2.60. The second-order valence-electron chi connectivity index (χ2n) is 6.31. The van der Waals surface area contributed by atoms with Gasteiger partial charge < -0.3 is 0 Å². The molecule has 3 aromatic rings. The summed E-state index contributed by atoms with van der Waals surface area (Å²) in [5, 5.41) is 0. The molecule has 1 heteroatoms. The first-order valence-corrected chi connectivity index (χ1v) is 8.92. The first-order chi connectivity index (χ1) is 11.2. The molecule has 0 bridgehead atoms. The van der Waals surface area contributed by atoms with E-state index in [1.165, 1.54) is 48.7 Å². The number of fused-ring (bicyclic) bond motifs is 2. The largest absolute Gasteiger partial charge is 0.0892 e. The molecule has 0 radical (unpaired) electrons. The lowest BCUT2D eigenvalue weighted by molar-refractivity contribution is 1.02. The highest BCUT2D eigenvalue weighted by Gasteiger charge is 2.24. The van der Waals surface area contributed by atoms with Crippen molar-refractivity contribution in [3.8, 4) is 11.1 Å². The molecule has 0 atom stereocenters. The molecule has 0 saturated carbocycles. The molecular weight excluding hydrogens is 296 g/mol. The quantitative estimate of drug-likeness (QED) is 0.395. The molecule has 0 unspecified atom stereocenters. The van der Waals surface area contributed by atoms with Crippen LogP contribution in [0.3, 0.4) is 0 Å². The van der Waals surface area contributed by atoms with Gasteiger partial charge in [0.05, 0.1) is 0 Å². The predicted octanol–water partition coefficient (Wildman–Crippen LogP) is 6.33. The van der Waals surface area contributed by atoms with Crippen LogP contribution in [0, 0.1) is 20.8 Å². The summed E-state index contributed by atoms with van der Waals surface area (Å²) < 4.78 is 0. The van der Waals surface area contributed by atoms with Crippen molar-refractivity contribution in [2.24, 2.45) is 0 Å². The third-order valence-corrected chi connectivity index (χ3v) is 6.41. The number of benzene rings is 3. The highest BCUT2D eigenvalue weighted by molar-refractivity contribution is 7.99. The molecule has 0 saturated heterocycles. The van der Waals surface area contributed by atoms with Crippen molar-refractivity contribution in [1.82, 2.24) is 0 Å². The maximum atomic E-state index is 2.27. The van der Waals surface area contributed by atoms with Gasteiger partial charge in [-0.05, 0) is 65.8 Å². The molecule has 0 N–H and O–H groups in total. The summed E-state index contributed by atoms with van der Waals surface area (Å²) in [6.45, 7) is 6.81. The first kappa shape index (κ1) is 14.6. The molecule has 23 heavy (non-hydrogen) atoms. The lowest BCUT2D eigenvalue weighted by Gasteiger charge is -2.27. The van der Waals surface area contributed by atoms with Crippen LogP contribution in [0.15, 0.2) is 64.4 Å². The van der Waals surface area contributed by atoms with Crippen LogP contribution in [-0.4, -0.2) is 0 Å². The molecule has 0 spiro atoms. The minimum Gasteiger partial charge on any atom is -0.0892 e. The van der Waals surface area contributed by atoms with Gasteiger partial charge in [-0.25, -0.2) is 0 Å². The number of rotatable bonds is 1. The molecule has 0 aliphatic carbocycles. The summed E-state index contributed by atoms with van der Waals surface area (Å²) in [6, 6.07) is 19.7. The molecule has 0 nitrogen and oxygen atoms in total. The standard InChI is InChI=1S/C22H20S/c1-14-15(2)21(17-9-5-4-6-10-17)19-13-18-11-7-8-12-20(18)23-22(19)16(14)3/h4-12H,13H2,1-3H3. The fourth-order valence-electron chi connectivity index (χ4n) is 3.56. The Morgan fingerprint density at radius 3 is 2.22 bits per heavy atom. The Bertz CT molecular complexity index is 892. The van der Waals surface area contributed by atoms with E-state index in [0.717, 1.165) is 6.42 Å². The summed E-state index contributed by atoms with van der Waals surface area (Å²) in [4.78, 5) is 2.87. The second-order valence-corrected chi connectivity index (χ2v) is 7.36. The van der Waals surface area contributed by atoms with Gasteiger partial charge in [-0.3, -0.25) is 0 Å². The van der Waals surface area contributed by atoms with Gasteiger partial charge in [0.25, 0.3) is 0 Å². The van der Waals surface area contributed by atoms with Crippen LogP contribution < -0.4 is 0 Å². The molecule has 4 rings (SSSR count). The van der Waals surface area contributed by atoms with E-state index in [2.05, 4.69) is 75.4 Å². The van der Waals surface area contributed by atoms with Gasteiger partial charge >= 0.3 is 0 Å². The van der Waals surface area contributed by atoms with Crippen LogP contribution in [-0.2, 0) is 6.42 Å². The molecule has 1 aliphatic rings. The maximum Gasteiger partial charge on any atom is 0.0196 e. The third kappa shape index (κ3) is 2.31. The monoisotopic (exact) mass is 316 g/mol. The minimum absolute atomic E-state index is 1.03. The van der Waals surface area contributed by atoms with Gasteiger partial charge in [-0.15, -0.1) is 0 Å². The Hall–Kier alpha value is -1.99. The number of hydrogen-bond acceptors (Lipinski definition) is 1. The van der Waals surface area contributed by atoms with E-state index in [0.29, 0.717) is 0 Å². The van der Waals surface area contributed by atoms with E-state index in [-0.39, 0.29) is 0 Å². The maximum absolute atomic E-state index is 2.27. The molecule has 3 aromatic carbocycles. The van der Waals surface area contributed by atoms with Crippen molar-refractivity contribution in [3.05, 3.63) is 82.4 Å². The number of hydrogen-bond donors (Lipinski definition) is 0. The van der Waals surface area contributed by atoms with Crippen LogP contribution in [0.1, 0.15) is 27.8 Å². The second kappa shape index (κ2) is 5.58. The summed E-state index contributed by atoms with van der Waals surface area (Å²) in [6.07, 6.45) is 1.03. The summed E-state index contributed by atoms with van der Waals surface area (Å²) in [5.74, 6) is 0. The van der Waals surface area contributed by atoms with Crippen LogP contribution in [0.2, 0.25) is 0 Å². The van der Waals surface area contributed by atoms with Gasteiger partial charge in [0.15, 0.2) is 0 Å². The fourth-order valence-corrected chi connectivity index (χ4v) is 4.80. The molecule has 1 heterocycles. The summed E-state index contributed by atoms with van der Waals surface area (Å²) >= 11 is 1.94. The Labute approximate surface area is 142 Å². The van der Waals surface area contributed by atoms with Crippen LogP contribution in [0.5, 0.6) is 0 Å². The predicted molar refractivity (Wildman–Crippen MR) is 99.5 cm³/mol. The van der Waals surface area contributed by atoms with Gasteiger partial charge in [0, 0.05) is 16.2 Å². The smallest absolute Gasteiger partial charge is 0.0196 e. The zero-order chi connectivity index (χ0) is 16.0. The van der Waals surface area contributed by atoms with E-state index < -0.39 is 0 Å². The third-order valence-electron chi connectivity index (χ3n) is 5.03. The molecule has 1 aliphatic heterocycles. The van der Waals surface area contributed by atoms with Crippen molar-refractivity contribution in [3.63, 3.8) is 0 Å². The zero-order valence-corrected chi connectivity index (χ0v) is 14.6. The average molecular weight is 316 g/mol. The summed E-state index contributed by atoms with van der Waals surface area (Å²) in [5.41, 5.74) is 10.0. The van der Waals surface area contributed by atoms with Gasteiger partial charge in [0.1, 0.15) is 0 Å². The van der Waals surface area contributed by atoms with E-state index in [9.17, 15) is 0 Å². The van der Waals surface area contributed by atoms with Crippen molar-refractivity contribution in [2.45, 2.75) is 37.0 Å². The van der Waals surface area contributed by atoms with Crippen LogP contribution in [0.25, 0.3) is 11.1 Å². The van der Waals surface area contributed by atoms with Crippen molar-refractivity contribution in [1.29, 1.82) is 0 Å². The minimum atomic E-state index is 1.03. The van der Waals surface area contributed by atoms with Crippen LogP contribution in [0.4, 0.5) is 0 Å². The highest BCUT2D eigenvalue weighted by Crippen LogP contribution is 2.47. The Morgan fingerprint density at radius 2 is 1.43 bits per heavy atom. The van der Waals surface area contributed by atoms with E-state index in [1.807, 2.05) is 11.8 Å². The van der Waals surface area contributed by atoms with Gasteiger partial charge in [-0.1, -0.05) is 60.3 Å². The van der Waals surface area contributed by atoms with Crippen molar-refractivity contribution < 1.29 is 0 Å². The Kier molecular flexibility index (Phi) is 3.54. The topological polar surface area (TPSA) is 0 Å². The van der Waals surface area contributed by atoms with E-state index in [1.54, 1.807) is 0 Å². The molecule has 0 amide bonds. The lowest BCUT2D eigenvalue weighted by atomic mass is 9.86. The van der Waals surface area contributed by atoms with Gasteiger partial charge in [-0.2, -0.15) is 0 Å². The lowest BCUT2D eigenvalue weighted by Crippen LogP contribution is -2.07. The van der Waals surface area contributed by atoms with Crippen LogP contribution >= 0.6 is 11.8 Å². The molecule has 0 aromatic heterocycles. The molecule has 114 valence electrons. The SMILES string of the molecule is Cc1c(C)c2c(c(-c3ccccc3)c1C)Cc1ccccc1S2. The van der Waals surface area contributed by atoms with E-state index in [4.69, 9.17) is 0 Å². The molecular formula is C22H20S. The zero-order valence-electron chi connectivity index (χ0n) is 13.8. The fraction of sp³-hybridized carbons (Fsp3) is 0.182. The highest BCUT2D eigenvalue weighted by atomic mass is 32.2. The van der Waals surface area contributed by atoms with Gasteiger partial charge in [0.2, 0.25) is 0 Å². The van der Waals surface area contributed by atoms with E-state index >= 15 is 0 Å². The first-order valence-electron chi connectivity index (χ1n) is 8.10.